The van der Waals surface area contributed by atoms with Crippen molar-refractivity contribution in [3.8, 4) is 0 Å². The average Bonchev–Trinajstić information content (AvgIpc) is 2.87. The molecule has 1 heterocycles. The Morgan fingerprint density at radius 1 is 1.28 bits per heavy atom. The van der Waals surface area contributed by atoms with Crippen LogP contribution in [0.5, 0.6) is 0 Å². The smallest absolute Gasteiger partial charge is 0.354 e. The molecule has 1 amide bonds. The van der Waals surface area contributed by atoms with E-state index >= 15 is 0 Å². The first kappa shape index (κ1) is 11.8. The molecule has 0 radical (unpaired) electrons. The van der Waals surface area contributed by atoms with E-state index in [4.69, 9.17) is 5.11 Å². The van der Waals surface area contributed by atoms with Crippen molar-refractivity contribution in [3.63, 3.8) is 0 Å². The number of carbonyl (C=O) groups is 2. The van der Waals surface area contributed by atoms with Gasteiger partial charge in [-0.05, 0) is 12.1 Å². The zero-order chi connectivity index (χ0) is 13.1. The van der Waals surface area contributed by atoms with E-state index in [-0.39, 0.29) is 11.4 Å². The van der Waals surface area contributed by atoms with Crippen LogP contribution in [-0.4, -0.2) is 34.0 Å². The number of carboxylic acid groups (broad SMARTS) is 1. The third-order valence-corrected chi connectivity index (χ3v) is 2.50. The normalized spacial score (nSPS) is 10.1. The highest BCUT2D eigenvalue weighted by atomic mass is 16.4. The summed E-state index contributed by atoms with van der Waals surface area (Å²) in [5.41, 5.74) is 0.360. The Bertz CT molecular complexity index is 577. The lowest BCUT2D eigenvalue weighted by atomic mass is 10.2. The van der Waals surface area contributed by atoms with Crippen molar-refractivity contribution in [2.45, 2.75) is 0 Å². The van der Waals surface area contributed by atoms with Crippen LogP contribution in [-0.2, 0) is 0 Å². The van der Waals surface area contributed by atoms with Crippen LogP contribution in [0, 0.1) is 0 Å². The second kappa shape index (κ2) is 4.70. The molecule has 18 heavy (non-hydrogen) atoms. The third-order valence-electron chi connectivity index (χ3n) is 2.50. The number of anilines is 1. The molecule has 1 aromatic carbocycles. The van der Waals surface area contributed by atoms with Gasteiger partial charge in [0.15, 0.2) is 11.4 Å². The van der Waals surface area contributed by atoms with E-state index in [0.29, 0.717) is 5.69 Å². The molecule has 6 heteroatoms. The number of nitrogens with zero attached hydrogens (tertiary/aromatic N) is 2. The van der Waals surface area contributed by atoms with Gasteiger partial charge in [-0.3, -0.25) is 4.79 Å². The van der Waals surface area contributed by atoms with Crippen LogP contribution in [0.2, 0.25) is 0 Å². The molecule has 0 saturated carbocycles. The van der Waals surface area contributed by atoms with E-state index in [9.17, 15) is 9.59 Å². The molecule has 0 atom stereocenters. The van der Waals surface area contributed by atoms with Gasteiger partial charge in [-0.15, -0.1) is 0 Å². The number of H-pyrrole nitrogens is 1. The highest BCUT2D eigenvalue weighted by molar-refractivity contribution is 6.09. The maximum Gasteiger partial charge on any atom is 0.354 e. The molecule has 0 aliphatic rings. The van der Waals surface area contributed by atoms with Gasteiger partial charge in [0.05, 0.1) is 6.33 Å². The lowest BCUT2D eigenvalue weighted by molar-refractivity contribution is 0.0686. The summed E-state index contributed by atoms with van der Waals surface area (Å²) in [5, 5.41) is 8.91. The Kier molecular flexibility index (Phi) is 3.09. The highest BCUT2D eigenvalue weighted by Crippen LogP contribution is 2.15. The number of aromatic amines is 1. The summed E-state index contributed by atoms with van der Waals surface area (Å²) in [6, 6.07) is 8.93. The second-order valence-corrected chi connectivity index (χ2v) is 3.63. The number of carbonyl (C=O) groups excluding carboxylic acids is 1. The Morgan fingerprint density at radius 3 is 2.56 bits per heavy atom. The Morgan fingerprint density at radius 2 is 1.94 bits per heavy atom. The van der Waals surface area contributed by atoms with Gasteiger partial charge < -0.3 is 15.0 Å². The lowest BCUT2D eigenvalue weighted by Crippen LogP contribution is -2.28. The maximum atomic E-state index is 12.1. The van der Waals surface area contributed by atoms with E-state index in [1.54, 1.807) is 31.3 Å². The molecule has 0 fully saturated rings. The van der Waals surface area contributed by atoms with Gasteiger partial charge in [0.1, 0.15) is 0 Å². The molecule has 2 N–H and O–H groups in total. The molecule has 2 aromatic rings. The van der Waals surface area contributed by atoms with E-state index in [1.165, 1.54) is 11.2 Å². The molecule has 0 spiro atoms. The zero-order valence-electron chi connectivity index (χ0n) is 9.62. The number of hydrogen-bond acceptors (Lipinski definition) is 3. The van der Waals surface area contributed by atoms with Gasteiger partial charge >= 0.3 is 5.97 Å². The van der Waals surface area contributed by atoms with Crippen LogP contribution in [0.3, 0.4) is 0 Å². The monoisotopic (exact) mass is 245 g/mol. The molecule has 0 aliphatic heterocycles. The molecule has 6 nitrogen and oxygen atoms in total. The molecule has 0 saturated heterocycles. The number of aromatic nitrogens is 2. The van der Waals surface area contributed by atoms with Crippen molar-refractivity contribution in [1.82, 2.24) is 9.97 Å². The molecular weight excluding hydrogens is 234 g/mol. The minimum absolute atomic E-state index is 0.103. The summed E-state index contributed by atoms with van der Waals surface area (Å²) in [6.07, 6.45) is 1.19. The van der Waals surface area contributed by atoms with E-state index in [2.05, 4.69) is 9.97 Å². The van der Waals surface area contributed by atoms with Crippen LogP contribution in [0.15, 0.2) is 36.7 Å². The fourth-order valence-electron chi connectivity index (χ4n) is 1.55. The van der Waals surface area contributed by atoms with Crippen molar-refractivity contribution in [2.75, 3.05) is 11.9 Å². The predicted molar refractivity (Wildman–Crippen MR) is 64.7 cm³/mol. The van der Waals surface area contributed by atoms with Crippen LogP contribution >= 0.6 is 0 Å². The van der Waals surface area contributed by atoms with Crippen molar-refractivity contribution in [1.29, 1.82) is 0 Å². The van der Waals surface area contributed by atoms with Gasteiger partial charge in [-0.1, -0.05) is 18.2 Å². The van der Waals surface area contributed by atoms with Crippen LogP contribution < -0.4 is 4.90 Å². The van der Waals surface area contributed by atoms with Crippen molar-refractivity contribution in [3.05, 3.63) is 48.0 Å². The first-order valence-corrected chi connectivity index (χ1v) is 5.21. The van der Waals surface area contributed by atoms with Crippen LogP contribution in [0.1, 0.15) is 21.0 Å². The van der Waals surface area contributed by atoms with Gasteiger partial charge in [0, 0.05) is 12.7 Å². The third kappa shape index (κ3) is 2.08. The number of nitrogens with one attached hydrogen (secondary N) is 1. The summed E-state index contributed by atoms with van der Waals surface area (Å²) < 4.78 is 0. The minimum Gasteiger partial charge on any atom is -0.477 e. The standard InChI is InChI=1S/C12H11N3O3/c1-15(8-5-3-2-4-6-8)11(16)9-10(12(17)18)14-7-13-9/h2-7H,1H3,(H,13,14)(H,17,18). The summed E-state index contributed by atoms with van der Waals surface area (Å²) in [7, 11) is 1.57. The fraction of sp³-hybridized carbons (Fsp3) is 0.0833. The van der Waals surface area contributed by atoms with E-state index in [1.807, 2.05) is 6.07 Å². The van der Waals surface area contributed by atoms with E-state index < -0.39 is 11.9 Å². The van der Waals surface area contributed by atoms with Gasteiger partial charge in [0.25, 0.3) is 5.91 Å². The highest BCUT2D eigenvalue weighted by Gasteiger charge is 2.23. The Balaban J connectivity index is 2.32. The number of aromatic carboxylic acids is 1. The van der Waals surface area contributed by atoms with E-state index in [0.717, 1.165) is 0 Å². The average molecular weight is 245 g/mol. The van der Waals surface area contributed by atoms with Crippen molar-refractivity contribution >= 4 is 17.6 Å². The van der Waals surface area contributed by atoms with Crippen LogP contribution in [0.25, 0.3) is 0 Å². The minimum atomic E-state index is -1.21. The number of para-hydroxylation sites is 1. The molecule has 1 aromatic heterocycles. The topological polar surface area (TPSA) is 86.3 Å². The summed E-state index contributed by atoms with van der Waals surface area (Å²) in [6.45, 7) is 0. The predicted octanol–water partition coefficient (Wildman–Crippen LogP) is 1.38. The molecule has 0 bridgehead atoms. The number of carboxylic acids is 1. The quantitative estimate of drug-likeness (QED) is 0.855. The SMILES string of the molecule is CN(C(=O)c1nc[nH]c1C(=O)O)c1ccccc1. The molecule has 0 unspecified atom stereocenters. The number of imidazole rings is 1. The molecule has 0 aliphatic carbocycles. The molecule has 2 rings (SSSR count). The fourth-order valence-corrected chi connectivity index (χ4v) is 1.55. The number of benzene rings is 1. The zero-order valence-corrected chi connectivity index (χ0v) is 9.62. The van der Waals surface area contributed by atoms with Crippen molar-refractivity contribution < 1.29 is 14.7 Å². The molecular formula is C12H11N3O3. The first-order valence-electron chi connectivity index (χ1n) is 5.21. The first-order chi connectivity index (χ1) is 8.61. The van der Waals surface area contributed by atoms with Gasteiger partial charge in [-0.25, -0.2) is 9.78 Å². The number of amides is 1. The Labute approximate surface area is 103 Å². The summed E-state index contributed by atoms with van der Waals surface area (Å²) >= 11 is 0. The van der Waals surface area contributed by atoms with Crippen LogP contribution in [0.4, 0.5) is 5.69 Å². The summed E-state index contributed by atoms with van der Waals surface area (Å²) in [5.74, 6) is -1.68. The second-order valence-electron chi connectivity index (χ2n) is 3.63. The lowest BCUT2D eigenvalue weighted by Gasteiger charge is -2.16. The van der Waals surface area contributed by atoms with Gasteiger partial charge in [-0.2, -0.15) is 0 Å². The van der Waals surface area contributed by atoms with Gasteiger partial charge in [0.2, 0.25) is 0 Å². The van der Waals surface area contributed by atoms with Crippen molar-refractivity contribution in [2.24, 2.45) is 0 Å². The number of hydrogen-bond donors (Lipinski definition) is 2. The Hall–Kier alpha value is -2.63. The summed E-state index contributed by atoms with van der Waals surface area (Å²) in [4.78, 5) is 30.6. The maximum absolute atomic E-state index is 12.1. The largest absolute Gasteiger partial charge is 0.477 e. The molecule has 92 valence electrons. The number of rotatable bonds is 3.